The summed E-state index contributed by atoms with van der Waals surface area (Å²) in [4.78, 5) is 25.8. The van der Waals surface area contributed by atoms with E-state index in [2.05, 4.69) is 20.7 Å². The third-order valence-corrected chi connectivity index (χ3v) is 3.19. The highest BCUT2D eigenvalue weighted by atomic mass is 16.4. The quantitative estimate of drug-likeness (QED) is 0.829. The van der Waals surface area contributed by atoms with E-state index in [9.17, 15) is 9.59 Å². The third kappa shape index (κ3) is 2.53. The molecule has 0 aliphatic carbocycles. The van der Waals surface area contributed by atoms with E-state index in [1.165, 1.54) is 10.9 Å². The summed E-state index contributed by atoms with van der Waals surface area (Å²) in [5.41, 5.74) is 1.98. The maximum Gasteiger partial charge on any atom is 0.335 e. The van der Waals surface area contributed by atoms with Crippen LogP contribution in [0.15, 0.2) is 18.2 Å². The number of carboxylic acid groups (broad SMARTS) is 1. The smallest absolute Gasteiger partial charge is 0.335 e. The fourth-order valence-electron chi connectivity index (χ4n) is 2.18. The number of hydrogen-bond acceptors (Lipinski definition) is 5. The monoisotopic (exact) mass is 288 g/mol. The fraction of sp³-hybridized carbons (Fsp3) is 0.250. The lowest BCUT2D eigenvalue weighted by atomic mass is 10.1. The normalized spacial score (nSPS) is 13.1. The van der Waals surface area contributed by atoms with Gasteiger partial charge < -0.3 is 10.0 Å². The van der Waals surface area contributed by atoms with Crippen LogP contribution in [-0.2, 0) is 20.1 Å². The number of urea groups is 1. The minimum atomic E-state index is -0.982. The van der Waals surface area contributed by atoms with Crippen LogP contribution in [0.25, 0.3) is 0 Å². The lowest BCUT2D eigenvalue weighted by molar-refractivity contribution is 0.0696. The molecule has 108 valence electrons. The number of rotatable bonds is 2. The second-order valence-corrected chi connectivity index (χ2v) is 4.68. The van der Waals surface area contributed by atoms with E-state index < -0.39 is 5.97 Å². The summed E-state index contributed by atoms with van der Waals surface area (Å²) in [6, 6.07) is 4.50. The van der Waals surface area contributed by atoms with Crippen LogP contribution in [0.2, 0.25) is 0 Å². The minimum absolute atomic E-state index is 0.129. The van der Waals surface area contributed by atoms with E-state index in [-0.39, 0.29) is 17.5 Å². The number of carbonyl (C=O) groups is 2. The Labute approximate surface area is 119 Å². The molecule has 1 aliphatic rings. The van der Waals surface area contributed by atoms with E-state index >= 15 is 0 Å². The molecule has 0 atom stereocenters. The van der Waals surface area contributed by atoms with Crippen LogP contribution < -0.4 is 5.32 Å². The van der Waals surface area contributed by atoms with Crippen LogP contribution in [-0.4, -0.2) is 42.2 Å². The Balaban J connectivity index is 1.72. The molecule has 0 spiro atoms. The highest BCUT2D eigenvalue weighted by molar-refractivity contribution is 5.89. The number of aryl methyl sites for hydroxylation is 1. The highest BCUT2D eigenvalue weighted by Crippen LogP contribution is 2.24. The first-order valence-electron chi connectivity index (χ1n) is 6.18. The number of nitrogens with zero attached hydrogens (tertiary/aromatic N) is 5. The van der Waals surface area contributed by atoms with Crippen molar-refractivity contribution in [3.8, 4) is 0 Å². The van der Waals surface area contributed by atoms with Gasteiger partial charge in [-0.05, 0) is 28.5 Å². The van der Waals surface area contributed by atoms with Crippen molar-refractivity contribution in [2.45, 2.75) is 13.1 Å². The SMILES string of the molecule is Cn1nnc(NC(=O)N2Cc3ccc(C(=O)O)cc3C2)n1. The van der Waals surface area contributed by atoms with Gasteiger partial charge in [-0.3, -0.25) is 5.32 Å². The van der Waals surface area contributed by atoms with Crippen LogP contribution >= 0.6 is 0 Å². The Morgan fingerprint density at radius 1 is 1.29 bits per heavy atom. The molecule has 0 bridgehead atoms. The number of tetrazole rings is 1. The summed E-state index contributed by atoms with van der Waals surface area (Å²) < 4.78 is 0. The Hall–Kier alpha value is -2.97. The molecule has 3 rings (SSSR count). The van der Waals surface area contributed by atoms with Crippen molar-refractivity contribution in [1.82, 2.24) is 25.1 Å². The second-order valence-electron chi connectivity index (χ2n) is 4.68. The zero-order chi connectivity index (χ0) is 15.0. The van der Waals surface area contributed by atoms with Crippen LogP contribution in [0.5, 0.6) is 0 Å². The summed E-state index contributed by atoms with van der Waals surface area (Å²) in [6.45, 7) is 0.768. The first kappa shape index (κ1) is 13.0. The van der Waals surface area contributed by atoms with Gasteiger partial charge in [-0.25, -0.2) is 9.59 Å². The number of carbonyl (C=O) groups excluding carboxylic acids is 1. The van der Waals surface area contributed by atoms with Gasteiger partial charge in [0.1, 0.15) is 0 Å². The van der Waals surface area contributed by atoms with Crippen molar-refractivity contribution < 1.29 is 14.7 Å². The molecule has 2 heterocycles. The van der Waals surface area contributed by atoms with Gasteiger partial charge in [0, 0.05) is 13.1 Å². The molecule has 1 aliphatic heterocycles. The molecule has 2 aromatic rings. The molecule has 0 radical (unpaired) electrons. The van der Waals surface area contributed by atoms with Crippen molar-refractivity contribution in [2.75, 3.05) is 5.32 Å². The van der Waals surface area contributed by atoms with Gasteiger partial charge in [0.25, 0.3) is 5.95 Å². The first-order valence-corrected chi connectivity index (χ1v) is 6.18. The molecule has 9 nitrogen and oxygen atoms in total. The second kappa shape index (κ2) is 4.85. The Kier molecular flexibility index (Phi) is 3.01. The fourth-order valence-corrected chi connectivity index (χ4v) is 2.18. The largest absolute Gasteiger partial charge is 0.478 e. The van der Waals surface area contributed by atoms with Gasteiger partial charge in [0.05, 0.1) is 12.6 Å². The minimum Gasteiger partial charge on any atom is -0.478 e. The number of aromatic nitrogens is 4. The number of hydrogen-bond donors (Lipinski definition) is 2. The summed E-state index contributed by atoms with van der Waals surface area (Å²) in [7, 11) is 1.60. The number of nitrogens with one attached hydrogen (secondary N) is 1. The average Bonchev–Trinajstić information content (AvgIpc) is 3.03. The van der Waals surface area contributed by atoms with Crippen molar-refractivity contribution in [1.29, 1.82) is 0 Å². The van der Waals surface area contributed by atoms with Gasteiger partial charge in [-0.2, -0.15) is 4.80 Å². The molecule has 1 aromatic heterocycles. The lowest BCUT2D eigenvalue weighted by Gasteiger charge is -2.14. The number of anilines is 1. The van der Waals surface area contributed by atoms with Crippen molar-refractivity contribution in [3.63, 3.8) is 0 Å². The van der Waals surface area contributed by atoms with Crippen molar-refractivity contribution in [3.05, 3.63) is 34.9 Å². The lowest BCUT2D eigenvalue weighted by Crippen LogP contribution is -2.30. The third-order valence-electron chi connectivity index (χ3n) is 3.19. The van der Waals surface area contributed by atoms with Gasteiger partial charge >= 0.3 is 12.0 Å². The van der Waals surface area contributed by atoms with Gasteiger partial charge in [0.2, 0.25) is 0 Å². The van der Waals surface area contributed by atoms with Gasteiger partial charge in [-0.15, -0.1) is 5.10 Å². The maximum absolute atomic E-state index is 12.1. The van der Waals surface area contributed by atoms with E-state index in [1.807, 2.05) is 0 Å². The zero-order valence-corrected chi connectivity index (χ0v) is 11.1. The standard InChI is InChI=1S/C12H12N6O3/c1-17-15-11(14-16-17)13-12(21)18-5-8-3-2-7(10(19)20)4-9(8)6-18/h2-4H,5-6H2,1H3,(H,19,20)(H,13,15,21). The number of carboxylic acids is 1. The molecule has 0 saturated heterocycles. The van der Waals surface area contributed by atoms with Crippen LogP contribution in [0.3, 0.4) is 0 Å². The Morgan fingerprint density at radius 2 is 2.05 bits per heavy atom. The molecule has 0 fully saturated rings. The molecule has 2 N–H and O–H groups in total. The summed E-state index contributed by atoms with van der Waals surface area (Å²) in [6.07, 6.45) is 0. The summed E-state index contributed by atoms with van der Waals surface area (Å²) >= 11 is 0. The predicted octanol–water partition coefficient (Wildman–Crippen LogP) is 0.456. The Morgan fingerprint density at radius 3 is 2.71 bits per heavy atom. The van der Waals surface area contributed by atoms with Gasteiger partial charge in [-0.1, -0.05) is 11.2 Å². The average molecular weight is 288 g/mol. The topological polar surface area (TPSA) is 113 Å². The molecular formula is C12H12N6O3. The number of amides is 2. The zero-order valence-electron chi connectivity index (χ0n) is 11.1. The summed E-state index contributed by atoms with van der Waals surface area (Å²) in [5.74, 6) is -0.853. The van der Waals surface area contributed by atoms with Crippen LogP contribution in [0, 0.1) is 0 Å². The van der Waals surface area contributed by atoms with Gasteiger partial charge in [0.15, 0.2) is 0 Å². The van der Waals surface area contributed by atoms with E-state index in [0.717, 1.165) is 11.1 Å². The molecule has 21 heavy (non-hydrogen) atoms. The van der Waals surface area contributed by atoms with E-state index in [1.54, 1.807) is 24.1 Å². The summed E-state index contributed by atoms with van der Waals surface area (Å²) in [5, 5.41) is 22.7. The number of aromatic carboxylic acids is 1. The van der Waals surface area contributed by atoms with Crippen molar-refractivity contribution in [2.24, 2.45) is 7.05 Å². The van der Waals surface area contributed by atoms with Crippen LogP contribution in [0.1, 0.15) is 21.5 Å². The molecule has 0 unspecified atom stereocenters. The van der Waals surface area contributed by atoms with E-state index in [0.29, 0.717) is 13.1 Å². The van der Waals surface area contributed by atoms with Crippen molar-refractivity contribution >= 4 is 17.9 Å². The molecule has 1 aromatic carbocycles. The van der Waals surface area contributed by atoms with E-state index in [4.69, 9.17) is 5.11 Å². The maximum atomic E-state index is 12.1. The number of fused-ring (bicyclic) bond motifs is 1. The molecule has 9 heteroatoms. The Bertz CT molecular complexity index is 726. The molecule has 2 amide bonds. The first-order chi connectivity index (χ1) is 10.0. The van der Waals surface area contributed by atoms with Crippen LogP contribution in [0.4, 0.5) is 10.7 Å². The highest BCUT2D eigenvalue weighted by Gasteiger charge is 2.25. The predicted molar refractivity (Wildman–Crippen MR) is 70.5 cm³/mol. The molecular weight excluding hydrogens is 276 g/mol. The molecule has 0 saturated carbocycles. The number of benzene rings is 1.